The second-order valence-corrected chi connectivity index (χ2v) is 5.48. The number of rotatable bonds is 5. The first-order chi connectivity index (χ1) is 9.35. The summed E-state index contributed by atoms with van der Waals surface area (Å²) in [6, 6.07) is 7.06. The number of aliphatic hydroxyl groups is 1. The normalized spacial score (nSPS) is 12.7. The number of ether oxygens (including phenoxy) is 2. The molecule has 2 N–H and O–H groups in total. The third-order valence-corrected chi connectivity index (χ3v) is 2.63. The maximum Gasteiger partial charge on any atom is 0.408 e. The smallest absolute Gasteiger partial charge is 0.408 e. The SMILES string of the molecule is COc1ccc(C(CCO)NC(=O)OC(C)(C)C)cc1. The monoisotopic (exact) mass is 281 g/mol. The van der Waals surface area contributed by atoms with Crippen molar-refractivity contribution in [1.82, 2.24) is 5.32 Å². The molecule has 5 nitrogen and oxygen atoms in total. The average Bonchev–Trinajstić information content (AvgIpc) is 2.36. The van der Waals surface area contributed by atoms with E-state index in [1.807, 2.05) is 24.3 Å². The molecule has 0 aliphatic heterocycles. The van der Waals surface area contributed by atoms with Crippen LogP contribution >= 0.6 is 0 Å². The van der Waals surface area contributed by atoms with E-state index < -0.39 is 11.7 Å². The van der Waals surface area contributed by atoms with Gasteiger partial charge in [0.05, 0.1) is 13.2 Å². The van der Waals surface area contributed by atoms with Crippen LogP contribution in [-0.2, 0) is 4.74 Å². The Morgan fingerprint density at radius 2 is 1.90 bits per heavy atom. The zero-order valence-electron chi connectivity index (χ0n) is 12.5. The fourth-order valence-electron chi connectivity index (χ4n) is 1.74. The molecule has 0 fully saturated rings. The third-order valence-electron chi connectivity index (χ3n) is 2.63. The Balaban J connectivity index is 2.74. The van der Waals surface area contributed by atoms with Crippen LogP contribution in [0.15, 0.2) is 24.3 Å². The third kappa shape index (κ3) is 5.48. The lowest BCUT2D eigenvalue weighted by atomic mass is 10.0. The Morgan fingerprint density at radius 1 is 1.30 bits per heavy atom. The van der Waals surface area contributed by atoms with Crippen molar-refractivity contribution >= 4 is 6.09 Å². The van der Waals surface area contributed by atoms with E-state index in [0.717, 1.165) is 11.3 Å². The van der Waals surface area contributed by atoms with Crippen molar-refractivity contribution in [3.05, 3.63) is 29.8 Å². The quantitative estimate of drug-likeness (QED) is 0.870. The minimum absolute atomic E-state index is 0.0213. The van der Waals surface area contributed by atoms with Gasteiger partial charge >= 0.3 is 6.09 Å². The zero-order chi connectivity index (χ0) is 15.2. The van der Waals surface area contributed by atoms with Crippen molar-refractivity contribution in [2.75, 3.05) is 13.7 Å². The largest absolute Gasteiger partial charge is 0.497 e. The Labute approximate surface area is 119 Å². The molecule has 0 spiro atoms. The molecule has 0 bridgehead atoms. The van der Waals surface area contributed by atoms with Gasteiger partial charge in [-0.2, -0.15) is 0 Å². The molecule has 1 atom stereocenters. The summed E-state index contributed by atoms with van der Waals surface area (Å²) in [5.74, 6) is 0.744. The predicted octanol–water partition coefficient (Wildman–Crippen LogP) is 2.64. The second kappa shape index (κ2) is 7.14. The highest BCUT2D eigenvalue weighted by molar-refractivity contribution is 5.68. The van der Waals surface area contributed by atoms with Gasteiger partial charge < -0.3 is 19.9 Å². The number of benzene rings is 1. The first-order valence-electron chi connectivity index (χ1n) is 6.60. The number of alkyl carbamates (subject to hydrolysis) is 1. The molecule has 0 aromatic heterocycles. The zero-order valence-corrected chi connectivity index (χ0v) is 12.5. The molecule has 5 heteroatoms. The number of carbonyl (C=O) groups is 1. The molecule has 0 aliphatic carbocycles. The lowest BCUT2D eigenvalue weighted by Crippen LogP contribution is -2.35. The van der Waals surface area contributed by atoms with Gasteiger partial charge in [-0.25, -0.2) is 4.79 Å². The summed E-state index contributed by atoms with van der Waals surface area (Å²) >= 11 is 0. The molecule has 0 heterocycles. The molecule has 112 valence electrons. The standard InChI is InChI=1S/C15H23NO4/c1-15(2,3)20-14(18)16-13(9-10-17)11-5-7-12(19-4)8-6-11/h5-8,13,17H,9-10H2,1-4H3,(H,16,18). The molecule has 1 rings (SSSR count). The molecule has 1 amide bonds. The Morgan fingerprint density at radius 3 is 2.35 bits per heavy atom. The van der Waals surface area contributed by atoms with Gasteiger partial charge in [0.1, 0.15) is 11.4 Å². The molecular formula is C15H23NO4. The van der Waals surface area contributed by atoms with Crippen LogP contribution in [0.4, 0.5) is 4.79 Å². The van der Waals surface area contributed by atoms with E-state index >= 15 is 0 Å². The van der Waals surface area contributed by atoms with Gasteiger partial charge in [0, 0.05) is 6.61 Å². The first kappa shape index (κ1) is 16.3. The molecule has 1 unspecified atom stereocenters. The number of carbonyl (C=O) groups excluding carboxylic acids is 1. The van der Waals surface area contributed by atoms with Crippen LogP contribution in [-0.4, -0.2) is 30.5 Å². The first-order valence-corrected chi connectivity index (χ1v) is 6.60. The van der Waals surface area contributed by atoms with Crippen LogP contribution in [0.2, 0.25) is 0 Å². The maximum atomic E-state index is 11.8. The van der Waals surface area contributed by atoms with Crippen LogP contribution in [0, 0.1) is 0 Å². The molecule has 1 aromatic rings. The molecular weight excluding hydrogens is 258 g/mol. The fourth-order valence-corrected chi connectivity index (χ4v) is 1.74. The molecule has 0 aliphatic rings. The lowest BCUT2D eigenvalue weighted by Gasteiger charge is -2.23. The van der Waals surface area contributed by atoms with Crippen molar-refractivity contribution in [1.29, 1.82) is 0 Å². The summed E-state index contributed by atoms with van der Waals surface area (Å²) in [6.45, 7) is 5.40. The van der Waals surface area contributed by atoms with Crippen LogP contribution in [0.3, 0.4) is 0 Å². The van der Waals surface area contributed by atoms with E-state index in [0.29, 0.717) is 6.42 Å². The van der Waals surface area contributed by atoms with E-state index in [4.69, 9.17) is 14.6 Å². The minimum atomic E-state index is -0.548. The van der Waals surface area contributed by atoms with Crippen molar-refractivity contribution < 1.29 is 19.4 Å². The van der Waals surface area contributed by atoms with E-state index in [1.165, 1.54) is 0 Å². The number of methoxy groups -OCH3 is 1. The van der Waals surface area contributed by atoms with Crippen molar-refractivity contribution in [2.45, 2.75) is 38.8 Å². The van der Waals surface area contributed by atoms with Gasteiger partial charge in [-0.1, -0.05) is 12.1 Å². The van der Waals surface area contributed by atoms with Gasteiger partial charge in [-0.15, -0.1) is 0 Å². The Hall–Kier alpha value is -1.75. The number of amides is 1. The van der Waals surface area contributed by atoms with E-state index in [9.17, 15) is 4.79 Å². The van der Waals surface area contributed by atoms with Crippen molar-refractivity contribution in [3.8, 4) is 5.75 Å². The summed E-state index contributed by atoms with van der Waals surface area (Å²) in [6.07, 6.45) is -0.0715. The van der Waals surface area contributed by atoms with Crippen LogP contribution in [0.25, 0.3) is 0 Å². The lowest BCUT2D eigenvalue weighted by molar-refractivity contribution is 0.0496. The highest BCUT2D eigenvalue weighted by atomic mass is 16.6. The fraction of sp³-hybridized carbons (Fsp3) is 0.533. The Bertz CT molecular complexity index is 422. The number of nitrogens with one attached hydrogen (secondary N) is 1. The summed E-state index contributed by atoms with van der Waals surface area (Å²) in [5, 5.41) is 11.9. The Kier molecular flexibility index (Phi) is 5.82. The highest BCUT2D eigenvalue weighted by Gasteiger charge is 2.20. The molecule has 0 saturated carbocycles. The minimum Gasteiger partial charge on any atom is -0.497 e. The number of aliphatic hydroxyl groups excluding tert-OH is 1. The second-order valence-electron chi connectivity index (χ2n) is 5.48. The summed E-state index contributed by atoms with van der Waals surface area (Å²) in [5.41, 5.74) is 0.346. The highest BCUT2D eigenvalue weighted by Crippen LogP contribution is 2.20. The van der Waals surface area contributed by atoms with Crippen molar-refractivity contribution in [2.24, 2.45) is 0 Å². The molecule has 0 saturated heterocycles. The molecule has 20 heavy (non-hydrogen) atoms. The van der Waals surface area contributed by atoms with E-state index in [1.54, 1.807) is 27.9 Å². The van der Waals surface area contributed by atoms with Gasteiger partial charge in [-0.05, 0) is 44.9 Å². The maximum absolute atomic E-state index is 11.8. The van der Waals surface area contributed by atoms with Gasteiger partial charge in [0.15, 0.2) is 0 Å². The molecule has 0 radical (unpaired) electrons. The van der Waals surface area contributed by atoms with E-state index in [2.05, 4.69) is 5.32 Å². The number of hydrogen-bond donors (Lipinski definition) is 2. The van der Waals surface area contributed by atoms with Gasteiger partial charge in [-0.3, -0.25) is 0 Å². The predicted molar refractivity (Wildman–Crippen MR) is 76.8 cm³/mol. The van der Waals surface area contributed by atoms with Crippen LogP contribution < -0.4 is 10.1 Å². The van der Waals surface area contributed by atoms with Crippen LogP contribution in [0.1, 0.15) is 38.8 Å². The summed E-state index contributed by atoms with van der Waals surface area (Å²) in [4.78, 5) is 11.8. The van der Waals surface area contributed by atoms with Gasteiger partial charge in [0.25, 0.3) is 0 Å². The summed E-state index contributed by atoms with van der Waals surface area (Å²) < 4.78 is 10.3. The van der Waals surface area contributed by atoms with Crippen molar-refractivity contribution in [3.63, 3.8) is 0 Å². The molecule has 1 aromatic carbocycles. The van der Waals surface area contributed by atoms with Crippen LogP contribution in [0.5, 0.6) is 5.75 Å². The summed E-state index contributed by atoms with van der Waals surface area (Å²) in [7, 11) is 1.60. The van der Waals surface area contributed by atoms with E-state index in [-0.39, 0.29) is 12.6 Å². The van der Waals surface area contributed by atoms with Gasteiger partial charge in [0.2, 0.25) is 0 Å². The number of hydrogen-bond acceptors (Lipinski definition) is 4. The average molecular weight is 281 g/mol. The topological polar surface area (TPSA) is 67.8 Å².